The van der Waals surface area contributed by atoms with Gasteiger partial charge in [-0.25, -0.2) is 4.79 Å². The van der Waals surface area contributed by atoms with E-state index in [1.165, 1.54) is 10.5 Å². The van der Waals surface area contributed by atoms with Gasteiger partial charge in [-0.2, -0.15) is 0 Å². The maximum atomic E-state index is 12.0. The lowest BCUT2D eigenvalue weighted by molar-refractivity contribution is -0.165. The number of carbonyl (C=O) groups is 2. The summed E-state index contributed by atoms with van der Waals surface area (Å²) < 4.78 is 5.45. The molecule has 1 aliphatic rings. The molecule has 2 rings (SSSR count). The van der Waals surface area contributed by atoms with Gasteiger partial charge in [-0.15, -0.1) is 0 Å². The van der Waals surface area contributed by atoms with E-state index in [2.05, 4.69) is 6.92 Å². The highest BCUT2D eigenvalue weighted by Crippen LogP contribution is 2.22. The Bertz CT molecular complexity index is 532. The van der Waals surface area contributed by atoms with Crippen LogP contribution in [-0.2, 0) is 16.0 Å². The van der Waals surface area contributed by atoms with Gasteiger partial charge in [0.2, 0.25) is 0 Å². The van der Waals surface area contributed by atoms with Crippen LogP contribution in [0.25, 0.3) is 0 Å². The number of likely N-dealkylation sites (tertiary alicyclic amines) is 1. The Morgan fingerprint density at radius 1 is 1.23 bits per heavy atom. The number of aliphatic carboxylic acids is 1. The Balaban J connectivity index is 1.82. The molecule has 6 heteroatoms. The Kier molecular flexibility index (Phi) is 5.03. The van der Waals surface area contributed by atoms with Gasteiger partial charge in [0.25, 0.3) is 5.91 Å². The van der Waals surface area contributed by atoms with Crippen molar-refractivity contribution in [2.75, 3.05) is 19.7 Å². The van der Waals surface area contributed by atoms with Crippen LogP contribution in [0.5, 0.6) is 5.75 Å². The minimum atomic E-state index is -1.71. The van der Waals surface area contributed by atoms with E-state index in [1.807, 2.05) is 24.3 Å². The van der Waals surface area contributed by atoms with E-state index < -0.39 is 11.6 Å². The summed E-state index contributed by atoms with van der Waals surface area (Å²) in [5.74, 6) is -0.802. The standard InChI is InChI=1S/C16H21NO5/c1-2-12-3-5-13(6-4-12)22-11-14(18)17-9-7-16(21,8-10-17)15(19)20/h3-6,21H,2,7-11H2,1H3,(H,19,20). The summed E-state index contributed by atoms with van der Waals surface area (Å²) in [4.78, 5) is 24.5. The first-order valence-corrected chi connectivity index (χ1v) is 7.40. The molecular weight excluding hydrogens is 286 g/mol. The SMILES string of the molecule is CCc1ccc(OCC(=O)N2CCC(O)(C(=O)O)CC2)cc1. The molecule has 6 nitrogen and oxygen atoms in total. The highest BCUT2D eigenvalue weighted by Gasteiger charge is 2.40. The zero-order valence-corrected chi connectivity index (χ0v) is 12.6. The van der Waals surface area contributed by atoms with Crippen molar-refractivity contribution in [1.29, 1.82) is 0 Å². The van der Waals surface area contributed by atoms with Crippen LogP contribution in [0.4, 0.5) is 0 Å². The van der Waals surface area contributed by atoms with Crippen LogP contribution in [0.2, 0.25) is 0 Å². The molecule has 1 amide bonds. The molecule has 2 N–H and O–H groups in total. The fourth-order valence-electron chi connectivity index (χ4n) is 2.40. The molecule has 0 aliphatic carbocycles. The number of carboxylic acids is 1. The van der Waals surface area contributed by atoms with E-state index in [4.69, 9.17) is 9.84 Å². The van der Waals surface area contributed by atoms with Crippen molar-refractivity contribution < 1.29 is 24.5 Å². The van der Waals surface area contributed by atoms with Gasteiger partial charge < -0.3 is 19.8 Å². The summed E-state index contributed by atoms with van der Waals surface area (Å²) in [6.07, 6.45) is 1.03. The topological polar surface area (TPSA) is 87.1 Å². The zero-order valence-electron chi connectivity index (χ0n) is 12.6. The Hall–Kier alpha value is -2.08. The smallest absolute Gasteiger partial charge is 0.335 e. The molecule has 0 saturated carbocycles. The van der Waals surface area contributed by atoms with Crippen LogP contribution >= 0.6 is 0 Å². The van der Waals surface area contributed by atoms with Crippen molar-refractivity contribution >= 4 is 11.9 Å². The number of carbonyl (C=O) groups excluding carboxylic acids is 1. The predicted octanol–water partition coefficient (Wildman–Crippen LogP) is 1.07. The number of ether oxygens (including phenoxy) is 1. The largest absolute Gasteiger partial charge is 0.484 e. The number of aryl methyl sites for hydroxylation is 1. The average molecular weight is 307 g/mol. The van der Waals surface area contributed by atoms with E-state index in [9.17, 15) is 14.7 Å². The summed E-state index contributed by atoms with van der Waals surface area (Å²) in [6.45, 7) is 2.42. The molecule has 1 aromatic rings. The molecule has 1 heterocycles. The minimum Gasteiger partial charge on any atom is -0.484 e. The average Bonchev–Trinajstić information content (AvgIpc) is 2.53. The zero-order chi connectivity index (χ0) is 16.2. The predicted molar refractivity (Wildman–Crippen MR) is 79.7 cm³/mol. The fraction of sp³-hybridized carbons (Fsp3) is 0.500. The van der Waals surface area contributed by atoms with E-state index in [1.54, 1.807) is 0 Å². The second kappa shape index (κ2) is 6.79. The van der Waals surface area contributed by atoms with Crippen molar-refractivity contribution in [2.24, 2.45) is 0 Å². The van der Waals surface area contributed by atoms with Crippen LogP contribution in [0.1, 0.15) is 25.3 Å². The maximum absolute atomic E-state index is 12.0. The lowest BCUT2D eigenvalue weighted by Gasteiger charge is -2.35. The van der Waals surface area contributed by atoms with Crippen LogP contribution < -0.4 is 4.74 Å². The third-order valence-electron chi connectivity index (χ3n) is 4.04. The summed E-state index contributed by atoms with van der Waals surface area (Å²) >= 11 is 0. The number of hydrogen-bond donors (Lipinski definition) is 2. The molecule has 1 saturated heterocycles. The molecule has 0 radical (unpaired) electrons. The van der Waals surface area contributed by atoms with Crippen LogP contribution in [-0.4, -0.2) is 52.3 Å². The summed E-state index contributed by atoms with van der Waals surface area (Å²) in [7, 11) is 0. The highest BCUT2D eigenvalue weighted by atomic mass is 16.5. The summed E-state index contributed by atoms with van der Waals surface area (Å²) in [6, 6.07) is 7.55. The number of hydrogen-bond acceptors (Lipinski definition) is 4. The molecule has 0 aromatic heterocycles. The van der Waals surface area contributed by atoms with Crippen molar-refractivity contribution in [3.05, 3.63) is 29.8 Å². The number of benzene rings is 1. The van der Waals surface area contributed by atoms with E-state index >= 15 is 0 Å². The quantitative estimate of drug-likeness (QED) is 0.849. The van der Waals surface area contributed by atoms with Crippen molar-refractivity contribution in [1.82, 2.24) is 4.90 Å². The minimum absolute atomic E-state index is 0.0409. The molecule has 0 bridgehead atoms. The third kappa shape index (κ3) is 3.76. The number of rotatable bonds is 5. The number of nitrogens with zero attached hydrogens (tertiary/aromatic N) is 1. The van der Waals surface area contributed by atoms with Gasteiger partial charge in [0.15, 0.2) is 12.2 Å². The molecular formula is C16H21NO5. The Morgan fingerprint density at radius 2 is 1.82 bits per heavy atom. The molecule has 0 spiro atoms. The lowest BCUT2D eigenvalue weighted by Crippen LogP contribution is -2.51. The Labute approximate surface area is 129 Å². The molecule has 1 aromatic carbocycles. The van der Waals surface area contributed by atoms with Gasteiger partial charge in [-0.05, 0) is 24.1 Å². The lowest BCUT2D eigenvalue weighted by atomic mass is 9.92. The normalized spacial score (nSPS) is 17.1. The van der Waals surface area contributed by atoms with Crippen LogP contribution in [0.15, 0.2) is 24.3 Å². The third-order valence-corrected chi connectivity index (χ3v) is 4.04. The second-order valence-corrected chi connectivity index (χ2v) is 5.50. The van der Waals surface area contributed by atoms with Crippen LogP contribution in [0.3, 0.4) is 0 Å². The molecule has 120 valence electrons. The van der Waals surface area contributed by atoms with Gasteiger partial charge in [0.05, 0.1) is 0 Å². The maximum Gasteiger partial charge on any atom is 0.335 e. The van der Waals surface area contributed by atoms with Gasteiger partial charge in [-0.3, -0.25) is 4.79 Å². The van der Waals surface area contributed by atoms with Gasteiger partial charge >= 0.3 is 5.97 Å². The van der Waals surface area contributed by atoms with Crippen LogP contribution in [0, 0.1) is 0 Å². The van der Waals surface area contributed by atoms with Gasteiger partial charge in [-0.1, -0.05) is 19.1 Å². The van der Waals surface area contributed by atoms with E-state index in [-0.39, 0.29) is 38.4 Å². The first-order chi connectivity index (χ1) is 10.4. The van der Waals surface area contributed by atoms with Crippen molar-refractivity contribution in [3.8, 4) is 5.75 Å². The fourth-order valence-corrected chi connectivity index (χ4v) is 2.40. The first kappa shape index (κ1) is 16.3. The van der Waals surface area contributed by atoms with E-state index in [0.29, 0.717) is 5.75 Å². The Morgan fingerprint density at radius 3 is 2.32 bits per heavy atom. The summed E-state index contributed by atoms with van der Waals surface area (Å²) in [5.41, 5.74) is -0.518. The monoisotopic (exact) mass is 307 g/mol. The highest BCUT2D eigenvalue weighted by molar-refractivity contribution is 5.80. The first-order valence-electron chi connectivity index (χ1n) is 7.40. The number of aliphatic hydroxyl groups is 1. The van der Waals surface area contributed by atoms with Crippen molar-refractivity contribution in [3.63, 3.8) is 0 Å². The molecule has 1 fully saturated rings. The van der Waals surface area contributed by atoms with Crippen molar-refractivity contribution in [2.45, 2.75) is 31.8 Å². The van der Waals surface area contributed by atoms with Gasteiger partial charge in [0.1, 0.15) is 5.75 Å². The number of amides is 1. The van der Waals surface area contributed by atoms with Gasteiger partial charge in [0, 0.05) is 25.9 Å². The molecule has 1 aliphatic heterocycles. The van der Waals surface area contributed by atoms with E-state index in [0.717, 1.165) is 6.42 Å². The number of carboxylic acid groups (broad SMARTS) is 1. The molecule has 0 atom stereocenters. The summed E-state index contributed by atoms with van der Waals surface area (Å²) in [5, 5.41) is 18.8. The number of piperidine rings is 1. The second-order valence-electron chi connectivity index (χ2n) is 5.50. The molecule has 22 heavy (non-hydrogen) atoms. The molecule has 0 unspecified atom stereocenters.